The second kappa shape index (κ2) is 6.69. The summed E-state index contributed by atoms with van der Waals surface area (Å²) in [5.74, 6) is 0. The van der Waals surface area contributed by atoms with E-state index in [0.29, 0.717) is 37.1 Å². The van der Waals surface area contributed by atoms with Gasteiger partial charge < -0.3 is 18.1 Å². The van der Waals surface area contributed by atoms with Crippen LogP contribution in [0.5, 0.6) is 0 Å². The van der Waals surface area contributed by atoms with Gasteiger partial charge in [0.1, 0.15) is 0 Å². The minimum absolute atomic E-state index is 0.145. The van der Waals surface area contributed by atoms with Gasteiger partial charge in [-0.05, 0) is 37.8 Å². The van der Waals surface area contributed by atoms with Crippen molar-refractivity contribution in [3.63, 3.8) is 0 Å². The zero-order valence-corrected chi connectivity index (χ0v) is 18.4. The maximum atomic E-state index is 13.1. The van der Waals surface area contributed by atoms with Gasteiger partial charge in [0.2, 0.25) is 0 Å². The van der Waals surface area contributed by atoms with E-state index in [0.717, 1.165) is 24.0 Å². The lowest BCUT2D eigenvalue weighted by molar-refractivity contribution is 0.0439. The normalized spacial score (nSPS) is 33.2. The van der Waals surface area contributed by atoms with Crippen LogP contribution in [0, 0.1) is 10.8 Å². The molecule has 0 aromatic carbocycles. The van der Waals surface area contributed by atoms with Crippen LogP contribution < -0.4 is 0 Å². The van der Waals surface area contributed by atoms with Crippen LogP contribution in [0.2, 0.25) is 0 Å². The van der Waals surface area contributed by atoms with Gasteiger partial charge in [-0.3, -0.25) is 9.13 Å². The molecule has 8 heteroatoms. The predicted molar refractivity (Wildman–Crippen MR) is 101 cm³/mol. The molecule has 3 fully saturated rings. The molecule has 0 unspecified atom stereocenters. The fourth-order valence-corrected chi connectivity index (χ4v) is 7.24. The molecule has 0 N–H and O–H groups in total. The van der Waals surface area contributed by atoms with Crippen molar-refractivity contribution in [3.05, 3.63) is 21.8 Å². The number of hydrogen-bond acceptors (Lipinski definition) is 6. The molecular weight excluding hydrogens is 374 g/mol. The quantitative estimate of drug-likeness (QED) is 0.537. The van der Waals surface area contributed by atoms with Crippen molar-refractivity contribution in [1.82, 2.24) is 0 Å². The molecule has 3 rings (SSSR count). The molecule has 0 aromatic rings. The molecule has 26 heavy (non-hydrogen) atoms. The molecule has 0 bridgehead atoms. The van der Waals surface area contributed by atoms with E-state index >= 15 is 0 Å². The number of allylic oxidation sites excluding steroid dienone is 4. The summed E-state index contributed by atoms with van der Waals surface area (Å²) in [6.45, 7) is 13.2. The molecule has 6 nitrogen and oxygen atoms in total. The van der Waals surface area contributed by atoms with Crippen LogP contribution in [-0.4, -0.2) is 26.4 Å². The Morgan fingerprint density at radius 1 is 0.692 bits per heavy atom. The van der Waals surface area contributed by atoms with E-state index in [1.807, 2.05) is 27.7 Å². The molecule has 0 radical (unpaired) electrons. The summed E-state index contributed by atoms with van der Waals surface area (Å²) >= 11 is 0. The van der Waals surface area contributed by atoms with Crippen molar-refractivity contribution in [3.8, 4) is 0 Å². The first-order valence-electron chi connectivity index (χ1n) is 9.07. The third-order valence-electron chi connectivity index (χ3n) is 5.19. The summed E-state index contributed by atoms with van der Waals surface area (Å²) in [4.78, 5) is 0. The fourth-order valence-electron chi connectivity index (χ4n) is 3.09. The molecule has 2 heterocycles. The Morgan fingerprint density at radius 3 is 1.19 bits per heavy atom. The smallest absolute Gasteiger partial charge is 0.305 e. The summed E-state index contributed by atoms with van der Waals surface area (Å²) in [6.07, 6.45) is 1.54. The minimum Gasteiger partial charge on any atom is -0.305 e. The Morgan fingerprint density at radius 2 is 0.962 bits per heavy atom. The summed E-state index contributed by atoms with van der Waals surface area (Å²) in [5.41, 5.74) is 1.54. The van der Waals surface area contributed by atoms with Crippen molar-refractivity contribution in [2.45, 2.75) is 54.4 Å². The third-order valence-corrected chi connectivity index (χ3v) is 9.24. The average Bonchev–Trinajstić information content (AvgIpc) is 2.52. The van der Waals surface area contributed by atoms with Crippen molar-refractivity contribution < 1.29 is 27.2 Å². The zero-order valence-electron chi connectivity index (χ0n) is 16.6. The van der Waals surface area contributed by atoms with Gasteiger partial charge in [-0.25, -0.2) is 0 Å². The highest BCUT2D eigenvalue weighted by atomic mass is 31.2. The molecule has 0 spiro atoms. The molecule has 0 aromatic heterocycles. The molecule has 0 amide bonds. The van der Waals surface area contributed by atoms with Crippen LogP contribution in [-0.2, 0) is 27.2 Å². The van der Waals surface area contributed by atoms with Crippen LogP contribution >= 0.6 is 15.2 Å². The highest BCUT2D eigenvalue weighted by Gasteiger charge is 2.44. The van der Waals surface area contributed by atoms with Crippen LogP contribution in [0.4, 0.5) is 0 Å². The lowest BCUT2D eigenvalue weighted by Crippen LogP contribution is -2.30. The summed E-state index contributed by atoms with van der Waals surface area (Å²) < 4.78 is 48.8. The van der Waals surface area contributed by atoms with Gasteiger partial charge in [-0.15, -0.1) is 0 Å². The molecule has 3 aliphatic rings. The Labute approximate surface area is 156 Å². The maximum Gasteiger partial charge on any atom is 0.357 e. The minimum atomic E-state index is -3.29. The first kappa shape index (κ1) is 20.5. The van der Waals surface area contributed by atoms with Gasteiger partial charge in [-0.1, -0.05) is 27.7 Å². The Balaban J connectivity index is 1.86. The Kier molecular flexibility index (Phi) is 5.27. The van der Waals surface area contributed by atoms with E-state index < -0.39 is 15.2 Å². The molecule has 2 saturated heterocycles. The lowest BCUT2D eigenvalue weighted by Gasteiger charge is -2.38. The largest absolute Gasteiger partial charge is 0.357 e. The Bertz CT molecular complexity index is 670. The van der Waals surface area contributed by atoms with Crippen LogP contribution in [0.25, 0.3) is 0 Å². The van der Waals surface area contributed by atoms with E-state index in [1.165, 1.54) is 0 Å². The van der Waals surface area contributed by atoms with E-state index in [-0.39, 0.29) is 10.8 Å². The molecule has 0 atom stereocenters. The molecule has 148 valence electrons. The van der Waals surface area contributed by atoms with Gasteiger partial charge in [0.15, 0.2) is 0 Å². The standard InChI is InChI=1S/C18H30O6P2/c1-13(25(19)21-9-17(3,4)10-22-25)15-7-8-16(15)14(2)26(20)23-11-18(5,6)12-24-26/h7-12H2,1-6H3/b15-13+,16-14+. The number of hydrogen-bond donors (Lipinski definition) is 0. The van der Waals surface area contributed by atoms with Crippen molar-refractivity contribution in [2.24, 2.45) is 10.8 Å². The van der Waals surface area contributed by atoms with Crippen molar-refractivity contribution >= 4 is 15.2 Å². The molecule has 1 aliphatic carbocycles. The van der Waals surface area contributed by atoms with Crippen LogP contribution in [0.3, 0.4) is 0 Å². The van der Waals surface area contributed by atoms with Gasteiger partial charge in [0, 0.05) is 21.5 Å². The Hall–Kier alpha value is -0.220. The van der Waals surface area contributed by atoms with E-state index in [9.17, 15) is 9.13 Å². The fraction of sp³-hybridized carbons (Fsp3) is 0.778. The van der Waals surface area contributed by atoms with Gasteiger partial charge in [0.05, 0.1) is 26.4 Å². The zero-order chi connectivity index (χ0) is 19.4. The SMILES string of the molecule is C/C(=C1/CC/C1=C(/C)P1(=O)OCC(C)(C)CO1)P1(=O)OCC(C)(C)CO1. The topological polar surface area (TPSA) is 71.1 Å². The predicted octanol–water partition coefficient (Wildman–Crippen LogP) is 5.86. The highest BCUT2D eigenvalue weighted by molar-refractivity contribution is 7.59. The summed E-state index contributed by atoms with van der Waals surface area (Å²) in [7, 11) is -6.58. The molecule has 2 aliphatic heterocycles. The highest BCUT2D eigenvalue weighted by Crippen LogP contribution is 2.66. The maximum absolute atomic E-state index is 13.1. The monoisotopic (exact) mass is 404 g/mol. The van der Waals surface area contributed by atoms with E-state index in [2.05, 4.69) is 0 Å². The molecular formula is C18H30O6P2. The van der Waals surface area contributed by atoms with Crippen molar-refractivity contribution in [2.75, 3.05) is 26.4 Å². The average molecular weight is 404 g/mol. The lowest BCUT2D eigenvalue weighted by atomic mass is 9.85. The van der Waals surface area contributed by atoms with Crippen LogP contribution in [0.1, 0.15) is 54.4 Å². The third kappa shape index (κ3) is 3.83. The second-order valence-electron chi connectivity index (χ2n) is 9.05. The van der Waals surface area contributed by atoms with Crippen LogP contribution in [0.15, 0.2) is 21.8 Å². The summed E-state index contributed by atoms with van der Waals surface area (Å²) in [5, 5.41) is 1.25. The summed E-state index contributed by atoms with van der Waals surface area (Å²) in [6, 6.07) is 0. The second-order valence-corrected chi connectivity index (χ2v) is 13.4. The van der Waals surface area contributed by atoms with Crippen molar-refractivity contribution in [1.29, 1.82) is 0 Å². The first-order chi connectivity index (χ1) is 11.9. The van der Waals surface area contributed by atoms with E-state index in [4.69, 9.17) is 18.1 Å². The van der Waals surface area contributed by atoms with Gasteiger partial charge >= 0.3 is 15.2 Å². The number of rotatable bonds is 2. The van der Waals surface area contributed by atoms with Gasteiger partial charge in [0.25, 0.3) is 0 Å². The molecule has 1 saturated carbocycles. The van der Waals surface area contributed by atoms with Gasteiger partial charge in [-0.2, -0.15) is 0 Å². The first-order valence-corrected chi connectivity index (χ1v) is 12.2. The van der Waals surface area contributed by atoms with E-state index in [1.54, 1.807) is 13.8 Å².